The highest BCUT2D eigenvalue weighted by molar-refractivity contribution is 6.09. The van der Waals surface area contributed by atoms with Crippen molar-refractivity contribution in [3.05, 3.63) is 106 Å². The molecular formula is C30H28N4O3. The number of ketones is 2. The molecule has 7 heteroatoms. The van der Waals surface area contributed by atoms with E-state index in [0.717, 1.165) is 36.9 Å². The van der Waals surface area contributed by atoms with Crippen LogP contribution in [0.1, 0.15) is 41.0 Å². The number of Topliss-reactive ketones (excluding diaryl/α,β-unsaturated/α-hetero) is 1. The van der Waals surface area contributed by atoms with Crippen LogP contribution in [-0.2, 0) is 11.2 Å². The van der Waals surface area contributed by atoms with Crippen molar-refractivity contribution in [2.45, 2.75) is 25.7 Å². The van der Waals surface area contributed by atoms with E-state index in [4.69, 9.17) is 0 Å². The molecule has 37 heavy (non-hydrogen) atoms. The maximum Gasteiger partial charge on any atom is 0.347 e. The smallest absolute Gasteiger partial charge is 0.316 e. The van der Waals surface area contributed by atoms with Crippen LogP contribution < -0.4 is 11.0 Å². The summed E-state index contributed by atoms with van der Waals surface area (Å²) in [5.74, 6) is 1.01. The minimum Gasteiger partial charge on any atom is -0.316 e. The van der Waals surface area contributed by atoms with E-state index in [2.05, 4.69) is 15.5 Å². The number of aromatic nitrogens is 3. The molecule has 1 aliphatic carbocycles. The molecule has 1 aromatic heterocycles. The van der Waals surface area contributed by atoms with Gasteiger partial charge in [0, 0.05) is 35.4 Å². The molecule has 0 bridgehead atoms. The normalized spacial score (nSPS) is 19.1. The molecule has 0 spiro atoms. The number of hydrogen-bond donors (Lipinski definition) is 2. The van der Waals surface area contributed by atoms with Gasteiger partial charge in [-0.1, -0.05) is 60.7 Å². The molecule has 186 valence electrons. The summed E-state index contributed by atoms with van der Waals surface area (Å²) < 4.78 is 1.57. The van der Waals surface area contributed by atoms with Gasteiger partial charge < -0.3 is 5.32 Å². The zero-order chi connectivity index (χ0) is 25.4. The lowest BCUT2D eigenvalue weighted by atomic mass is 9.77. The van der Waals surface area contributed by atoms with Crippen LogP contribution in [0.2, 0.25) is 0 Å². The number of nitrogens with zero attached hydrogens (tertiary/aromatic N) is 2. The van der Waals surface area contributed by atoms with Crippen LogP contribution in [-0.4, -0.2) is 39.4 Å². The molecule has 2 N–H and O–H groups in total. The van der Waals surface area contributed by atoms with Gasteiger partial charge in [0.05, 0.1) is 5.69 Å². The second-order valence-corrected chi connectivity index (χ2v) is 10.1. The minimum absolute atomic E-state index is 0.0234. The number of benzene rings is 3. The lowest BCUT2D eigenvalue weighted by molar-refractivity contribution is -0.129. The standard InChI is InChI=1S/C30H28N4O3/c35-27(21-5-2-1-3-6-21)24-8-4-7-23(17-24)20-11-13-25(14-12-20)34-26(32-33-29(34)37)18-30(15-16-31-19-30)28(36)22-9-10-22/h1-8,11-14,17,22,31H,9-10,15-16,18-19H2,(H,33,37)/t30-/m0/s1. The summed E-state index contributed by atoms with van der Waals surface area (Å²) in [7, 11) is 0. The summed E-state index contributed by atoms with van der Waals surface area (Å²) in [5, 5.41) is 10.2. The monoisotopic (exact) mass is 492 g/mol. The predicted molar refractivity (Wildman–Crippen MR) is 141 cm³/mol. The van der Waals surface area contributed by atoms with Gasteiger partial charge in [0.1, 0.15) is 11.6 Å². The van der Waals surface area contributed by atoms with Gasteiger partial charge in [0.25, 0.3) is 0 Å². The summed E-state index contributed by atoms with van der Waals surface area (Å²) in [6.45, 7) is 1.42. The van der Waals surface area contributed by atoms with Crippen molar-refractivity contribution in [1.29, 1.82) is 0 Å². The molecule has 1 aliphatic heterocycles. The fourth-order valence-electron chi connectivity index (χ4n) is 5.39. The third kappa shape index (κ3) is 4.47. The van der Waals surface area contributed by atoms with Crippen LogP contribution in [0.25, 0.3) is 16.8 Å². The molecule has 7 nitrogen and oxygen atoms in total. The average molecular weight is 493 g/mol. The Morgan fingerprint density at radius 3 is 2.38 bits per heavy atom. The summed E-state index contributed by atoms with van der Waals surface area (Å²) in [5.41, 5.74) is 2.99. The SMILES string of the molecule is O=C(c1ccccc1)c1cccc(-c2ccc(-n3c(C[C@@]4(C(=O)C5CC5)CCNC4)n[nH]c3=O)cc2)c1. The second kappa shape index (κ2) is 9.41. The first-order chi connectivity index (χ1) is 18.0. The highest BCUT2D eigenvalue weighted by Crippen LogP contribution is 2.42. The second-order valence-electron chi connectivity index (χ2n) is 10.1. The molecule has 0 amide bonds. The van der Waals surface area contributed by atoms with Gasteiger partial charge in [-0.15, -0.1) is 0 Å². The van der Waals surface area contributed by atoms with Crippen LogP contribution in [0.3, 0.4) is 0 Å². The topological polar surface area (TPSA) is 96.8 Å². The Hall–Kier alpha value is -4.10. The highest BCUT2D eigenvalue weighted by atomic mass is 16.2. The largest absolute Gasteiger partial charge is 0.347 e. The van der Waals surface area contributed by atoms with E-state index >= 15 is 0 Å². The van der Waals surface area contributed by atoms with E-state index in [-0.39, 0.29) is 17.4 Å². The fourth-order valence-corrected chi connectivity index (χ4v) is 5.39. The van der Waals surface area contributed by atoms with Gasteiger partial charge in [-0.2, -0.15) is 5.10 Å². The number of hydrogen-bond acceptors (Lipinski definition) is 5. The average Bonchev–Trinajstić information content (AvgIpc) is 3.58. The molecule has 4 aromatic rings. The molecule has 3 aromatic carbocycles. The van der Waals surface area contributed by atoms with Crippen LogP contribution in [0.5, 0.6) is 0 Å². The fraction of sp³-hybridized carbons (Fsp3) is 0.267. The van der Waals surface area contributed by atoms with Crippen molar-refractivity contribution in [1.82, 2.24) is 20.1 Å². The number of carbonyl (C=O) groups excluding carboxylic acids is 2. The van der Waals surface area contributed by atoms with E-state index < -0.39 is 5.41 Å². The van der Waals surface area contributed by atoms with Crippen molar-refractivity contribution >= 4 is 11.6 Å². The number of H-pyrrole nitrogens is 1. The van der Waals surface area contributed by atoms with Crippen LogP contribution in [0.15, 0.2) is 83.7 Å². The van der Waals surface area contributed by atoms with Crippen molar-refractivity contribution in [3.8, 4) is 16.8 Å². The van der Waals surface area contributed by atoms with Crippen molar-refractivity contribution in [2.24, 2.45) is 11.3 Å². The molecule has 1 atom stereocenters. The van der Waals surface area contributed by atoms with Crippen LogP contribution in [0.4, 0.5) is 0 Å². The summed E-state index contributed by atoms with van der Waals surface area (Å²) >= 11 is 0. The molecular weight excluding hydrogens is 464 g/mol. The van der Waals surface area contributed by atoms with E-state index in [1.807, 2.05) is 78.9 Å². The van der Waals surface area contributed by atoms with Crippen molar-refractivity contribution < 1.29 is 9.59 Å². The molecule has 0 unspecified atom stereocenters. The van der Waals surface area contributed by atoms with Gasteiger partial charge in [-0.25, -0.2) is 14.5 Å². The summed E-state index contributed by atoms with van der Waals surface area (Å²) in [6, 6.07) is 24.4. The predicted octanol–water partition coefficient (Wildman–Crippen LogP) is 3.96. The third-order valence-corrected chi connectivity index (χ3v) is 7.57. The third-order valence-electron chi connectivity index (χ3n) is 7.57. The first-order valence-electron chi connectivity index (χ1n) is 12.8. The molecule has 1 saturated heterocycles. The molecule has 2 aliphatic rings. The van der Waals surface area contributed by atoms with Crippen molar-refractivity contribution in [3.63, 3.8) is 0 Å². The van der Waals surface area contributed by atoms with Gasteiger partial charge >= 0.3 is 5.69 Å². The quantitative estimate of drug-likeness (QED) is 0.363. The number of rotatable bonds is 8. The Balaban J connectivity index is 1.27. The minimum atomic E-state index is -0.504. The summed E-state index contributed by atoms with van der Waals surface area (Å²) in [4.78, 5) is 38.8. The van der Waals surface area contributed by atoms with Gasteiger partial charge in [-0.05, 0) is 55.1 Å². The first-order valence-corrected chi connectivity index (χ1v) is 12.8. The number of aromatic amines is 1. The van der Waals surface area contributed by atoms with Gasteiger partial charge in [-0.3, -0.25) is 9.59 Å². The lowest BCUT2D eigenvalue weighted by Gasteiger charge is -2.26. The van der Waals surface area contributed by atoms with E-state index in [1.54, 1.807) is 4.57 Å². The number of carbonyl (C=O) groups is 2. The number of nitrogens with one attached hydrogen (secondary N) is 2. The molecule has 2 heterocycles. The molecule has 0 radical (unpaired) electrons. The Kier molecular flexibility index (Phi) is 5.93. The highest BCUT2D eigenvalue weighted by Gasteiger charge is 2.48. The van der Waals surface area contributed by atoms with Gasteiger partial charge in [0.2, 0.25) is 0 Å². The maximum atomic E-state index is 13.2. The van der Waals surface area contributed by atoms with Gasteiger partial charge in [0.15, 0.2) is 5.78 Å². The zero-order valence-electron chi connectivity index (χ0n) is 20.4. The van der Waals surface area contributed by atoms with Crippen molar-refractivity contribution in [2.75, 3.05) is 13.1 Å². The van der Waals surface area contributed by atoms with Crippen LogP contribution >= 0.6 is 0 Å². The lowest BCUT2D eigenvalue weighted by Crippen LogP contribution is -2.38. The molecule has 1 saturated carbocycles. The Bertz CT molecular complexity index is 1510. The van der Waals surface area contributed by atoms with Crippen LogP contribution in [0, 0.1) is 11.3 Å². The molecule has 2 fully saturated rings. The molecule has 6 rings (SSSR count). The van der Waals surface area contributed by atoms with E-state index in [0.29, 0.717) is 41.4 Å². The Morgan fingerprint density at radius 2 is 1.68 bits per heavy atom. The van der Waals surface area contributed by atoms with E-state index in [1.165, 1.54) is 0 Å². The zero-order valence-corrected chi connectivity index (χ0v) is 20.4. The maximum absolute atomic E-state index is 13.2. The first kappa shape index (κ1) is 23.3. The Labute approximate surface area is 214 Å². The summed E-state index contributed by atoms with van der Waals surface area (Å²) in [6.07, 6.45) is 3.13. The van der Waals surface area contributed by atoms with E-state index in [9.17, 15) is 14.4 Å². The Morgan fingerprint density at radius 1 is 0.919 bits per heavy atom.